The van der Waals surface area contributed by atoms with Gasteiger partial charge in [-0.25, -0.2) is 27.9 Å². The second-order valence-electron chi connectivity index (χ2n) is 14.3. The number of nitrogens with zero attached hydrogens (tertiary/aromatic N) is 3. The third-order valence-corrected chi connectivity index (χ3v) is 9.42. The van der Waals surface area contributed by atoms with Gasteiger partial charge in [0.1, 0.15) is 18.2 Å². The van der Waals surface area contributed by atoms with Crippen LogP contribution in [0.1, 0.15) is 72.3 Å². The molecule has 1 aromatic carbocycles. The number of hydrogen-bond acceptors (Lipinski definition) is 10. The average molecular weight is 707 g/mol. The fraction of sp³-hybridized carbons (Fsp3) is 0.676. The maximum absolute atomic E-state index is 13.6. The Balaban J connectivity index is 1.55. The zero-order chi connectivity index (χ0) is 36.4. The van der Waals surface area contributed by atoms with Gasteiger partial charge < -0.3 is 19.7 Å². The maximum Gasteiger partial charge on any atom is 0.508 e. The Kier molecular flexibility index (Phi) is 14.7. The summed E-state index contributed by atoms with van der Waals surface area (Å²) in [7, 11) is -3.69. The molecule has 14 nitrogen and oxygen atoms in total. The maximum atomic E-state index is 13.6. The summed E-state index contributed by atoms with van der Waals surface area (Å²) in [6, 6.07) is 7.06. The molecule has 2 aliphatic heterocycles. The van der Waals surface area contributed by atoms with Crippen molar-refractivity contribution < 1.29 is 37.1 Å². The molecule has 4 N–H and O–H groups in total. The summed E-state index contributed by atoms with van der Waals surface area (Å²) < 4.78 is 37.1. The molecule has 0 aliphatic carbocycles. The van der Waals surface area contributed by atoms with Crippen LogP contribution >= 0.6 is 0 Å². The van der Waals surface area contributed by atoms with E-state index in [1.54, 1.807) is 32.0 Å². The summed E-state index contributed by atoms with van der Waals surface area (Å²) in [6.45, 7) is 10.5. The zero-order valence-electron chi connectivity index (χ0n) is 29.6. The third-order valence-electron chi connectivity index (χ3n) is 8.71. The number of carbonyl (C=O) groups excluding carboxylic acids is 4. The van der Waals surface area contributed by atoms with Crippen molar-refractivity contribution in [2.75, 3.05) is 32.5 Å². The lowest BCUT2D eigenvalue weighted by Crippen LogP contribution is -2.55. The number of rotatable bonds is 15. The smallest absolute Gasteiger partial charge is 0.434 e. The Morgan fingerprint density at radius 2 is 1.80 bits per heavy atom. The van der Waals surface area contributed by atoms with Gasteiger partial charge in [-0.1, -0.05) is 58.0 Å². The highest BCUT2D eigenvalue weighted by molar-refractivity contribution is 7.88. The lowest BCUT2D eigenvalue weighted by molar-refractivity contribution is -0.139. The lowest BCUT2D eigenvalue weighted by Gasteiger charge is -2.35. The van der Waals surface area contributed by atoms with Crippen LogP contribution in [0.4, 0.5) is 4.79 Å². The van der Waals surface area contributed by atoms with E-state index in [0.29, 0.717) is 45.3 Å². The van der Waals surface area contributed by atoms with Gasteiger partial charge in [0.25, 0.3) is 5.91 Å². The average Bonchev–Trinajstić information content (AvgIpc) is 3.51. The van der Waals surface area contributed by atoms with E-state index in [4.69, 9.17) is 15.3 Å². The summed E-state index contributed by atoms with van der Waals surface area (Å²) in [5.41, 5.74) is -0.105. The van der Waals surface area contributed by atoms with Gasteiger partial charge in [-0.15, -0.1) is 0 Å². The van der Waals surface area contributed by atoms with Crippen LogP contribution in [0.2, 0.25) is 0 Å². The van der Waals surface area contributed by atoms with Crippen LogP contribution < -0.4 is 15.9 Å². The summed E-state index contributed by atoms with van der Waals surface area (Å²) in [6.07, 6.45) is 4.02. The quantitative estimate of drug-likeness (QED) is 0.139. The first-order valence-corrected chi connectivity index (χ1v) is 18.9. The topological polar surface area (TPSA) is 190 Å². The second kappa shape index (κ2) is 18.0. The van der Waals surface area contributed by atoms with Crippen molar-refractivity contribution in [3.05, 3.63) is 35.9 Å². The number of nitrogens with two attached hydrogens (primary N) is 1. The molecule has 49 heavy (non-hydrogen) atoms. The molecule has 3 unspecified atom stereocenters. The molecule has 2 aliphatic rings. The van der Waals surface area contributed by atoms with E-state index >= 15 is 0 Å². The number of aliphatic imine (C=N–C) groups is 1. The summed E-state index contributed by atoms with van der Waals surface area (Å²) in [5, 5.41) is 4.62. The van der Waals surface area contributed by atoms with Gasteiger partial charge in [-0.3, -0.25) is 20.2 Å². The summed E-state index contributed by atoms with van der Waals surface area (Å²) in [4.78, 5) is 57.6. The molecule has 2 saturated heterocycles. The second-order valence-corrected chi connectivity index (χ2v) is 16.1. The molecule has 2 heterocycles. The molecule has 0 saturated carbocycles. The van der Waals surface area contributed by atoms with Gasteiger partial charge in [0, 0.05) is 31.3 Å². The molecule has 0 radical (unpaired) electrons. The molecule has 5 atom stereocenters. The highest BCUT2D eigenvalue weighted by Gasteiger charge is 2.38. The number of piperidine rings is 1. The number of hydrogen-bond donors (Lipinski definition) is 3. The number of benzene rings is 1. The van der Waals surface area contributed by atoms with Crippen molar-refractivity contribution in [3.8, 4) is 0 Å². The van der Waals surface area contributed by atoms with Crippen molar-refractivity contribution in [2.45, 2.75) is 97.4 Å². The molecule has 2 fully saturated rings. The predicted octanol–water partition coefficient (Wildman–Crippen LogP) is 2.42. The van der Waals surface area contributed by atoms with Crippen LogP contribution in [0.25, 0.3) is 0 Å². The molecule has 1 aromatic rings. The standard InChI is InChI=1S/C34H54N6O8S/c1-23(2)22-47-33(44)48-24(3)19-34(4,5)32(43)37-21-27-17-26(14-16-40(27)35)20-36-30(41)29-13-10-15-39(29)31(42)28(38-49(6,45)46)18-25-11-8-7-9-12-25/h7-9,11-12,21,23-24,26-29,38H,10,13-20,22,35H2,1-6H3,(H,36,41)/b37-21+/t24?,26?,27?,28-,29+/m1/s1. The Labute approximate surface area is 290 Å². The van der Waals surface area contributed by atoms with E-state index < -0.39 is 45.7 Å². The fourth-order valence-corrected chi connectivity index (χ4v) is 6.89. The van der Waals surface area contributed by atoms with Gasteiger partial charge in [0.2, 0.25) is 21.8 Å². The number of sulfonamides is 1. The van der Waals surface area contributed by atoms with Gasteiger partial charge in [0.05, 0.1) is 18.9 Å². The normalized spacial score (nSPS) is 21.8. The van der Waals surface area contributed by atoms with Crippen LogP contribution in [-0.4, -0.2) is 105 Å². The van der Waals surface area contributed by atoms with E-state index in [9.17, 15) is 27.6 Å². The summed E-state index contributed by atoms with van der Waals surface area (Å²) in [5.74, 6) is 5.38. The van der Waals surface area contributed by atoms with E-state index in [2.05, 4.69) is 15.0 Å². The van der Waals surface area contributed by atoms with Crippen molar-refractivity contribution >= 4 is 40.1 Å². The van der Waals surface area contributed by atoms with Crippen LogP contribution in [0.5, 0.6) is 0 Å². The molecule has 0 spiro atoms. The van der Waals surface area contributed by atoms with Gasteiger partial charge in [0.15, 0.2) is 0 Å². The van der Waals surface area contributed by atoms with Gasteiger partial charge >= 0.3 is 6.16 Å². The summed E-state index contributed by atoms with van der Waals surface area (Å²) >= 11 is 0. The Morgan fingerprint density at radius 3 is 2.45 bits per heavy atom. The van der Waals surface area contributed by atoms with Crippen molar-refractivity contribution in [1.82, 2.24) is 19.9 Å². The minimum absolute atomic E-state index is 0.0527. The van der Waals surface area contributed by atoms with Gasteiger partial charge in [-0.05, 0) is 62.8 Å². The first-order valence-electron chi connectivity index (χ1n) is 17.0. The third kappa shape index (κ3) is 13.1. The molecule has 0 aromatic heterocycles. The Morgan fingerprint density at radius 1 is 1.10 bits per heavy atom. The molecular formula is C34H54N6O8S. The first-order chi connectivity index (χ1) is 22.9. The zero-order valence-corrected chi connectivity index (χ0v) is 30.4. The molecule has 15 heteroatoms. The van der Waals surface area contributed by atoms with Crippen molar-refractivity contribution in [1.29, 1.82) is 0 Å². The van der Waals surface area contributed by atoms with E-state index in [1.807, 2.05) is 44.2 Å². The highest BCUT2D eigenvalue weighted by Crippen LogP contribution is 2.27. The van der Waals surface area contributed by atoms with Crippen LogP contribution in [0.3, 0.4) is 0 Å². The number of likely N-dealkylation sites (tertiary alicyclic amines) is 1. The monoisotopic (exact) mass is 706 g/mol. The highest BCUT2D eigenvalue weighted by atomic mass is 32.2. The SMILES string of the molecule is CC(C)COC(=O)OC(C)CC(C)(C)C(=O)/N=C/C1CC(CNC(=O)[C@@H]2CCCN2C(=O)[C@@H](Cc2ccccc2)NS(C)(=O)=O)CCN1N. The van der Waals surface area contributed by atoms with E-state index in [0.717, 1.165) is 11.8 Å². The van der Waals surface area contributed by atoms with Gasteiger partial charge in [-0.2, -0.15) is 0 Å². The van der Waals surface area contributed by atoms with Crippen molar-refractivity contribution in [3.63, 3.8) is 0 Å². The Hall–Kier alpha value is -3.40. The molecule has 274 valence electrons. The lowest BCUT2D eigenvalue weighted by atomic mass is 9.86. The van der Waals surface area contributed by atoms with Crippen molar-refractivity contribution in [2.24, 2.45) is 28.1 Å². The molecule has 3 rings (SSSR count). The fourth-order valence-electron chi connectivity index (χ4n) is 6.19. The van der Waals surface area contributed by atoms with Crippen LogP contribution in [-0.2, 0) is 40.3 Å². The number of amides is 3. The molecular weight excluding hydrogens is 652 g/mol. The predicted molar refractivity (Wildman–Crippen MR) is 186 cm³/mol. The van der Waals surface area contributed by atoms with E-state index in [-0.39, 0.29) is 49.1 Å². The number of nitrogens with one attached hydrogen (secondary N) is 2. The van der Waals surface area contributed by atoms with Crippen LogP contribution in [0.15, 0.2) is 35.3 Å². The van der Waals surface area contributed by atoms with Crippen LogP contribution in [0, 0.1) is 17.3 Å². The minimum Gasteiger partial charge on any atom is -0.434 e. The van der Waals surface area contributed by atoms with E-state index in [1.165, 1.54) is 4.90 Å². The first kappa shape index (κ1) is 40.0. The Bertz CT molecular complexity index is 1420. The number of ether oxygens (including phenoxy) is 2. The number of hydrazine groups is 1. The number of carbonyl (C=O) groups is 4. The largest absolute Gasteiger partial charge is 0.508 e. The molecule has 3 amide bonds. The minimum atomic E-state index is -3.69. The molecule has 0 bridgehead atoms.